The SMILES string of the molecule is CC(C)CNC(=O)C[C@@H](c1ccccc1C(F)(F)F)c1cn(C)c2ccccc12. The molecular weight excluding hydrogens is 377 g/mol. The Kier molecular flexibility index (Phi) is 6.01. The predicted octanol–water partition coefficient (Wildman–Crippen LogP) is 5.49. The number of amides is 1. The van der Waals surface area contributed by atoms with E-state index in [1.54, 1.807) is 6.07 Å². The van der Waals surface area contributed by atoms with E-state index in [0.717, 1.165) is 22.5 Å². The molecule has 154 valence electrons. The Hall–Kier alpha value is -2.76. The molecule has 1 atom stereocenters. The zero-order valence-corrected chi connectivity index (χ0v) is 16.8. The molecule has 0 bridgehead atoms. The molecule has 1 heterocycles. The van der Waals surface area contributed by atoms with Crippen molar-refractivity contribution in [2.75, 3.05) is 6.54 Å². The molecule has 1 N–H and O–H groups in total. The summed E-state index contributed by atoms with van der Waals surface area (Å²) in [6.45, 7) is 4.44. The molecule has 0 saturated carbocycles. The maximum Gasteiger partial charge on any atom is 0.416 e. The Morgan fingerprint density at radius 2 is 1.69 bits per heavy atom. The lowest BCUT2D eigenvalue weighted by Gasteiger charge is -2.22. The molecule has 1 amide bonds. The number of alkyl halides is 3. The number of nitrogens with zero attached hydrogens (tertiary/aromatic N) is 1. The number of fused-ring (bicyclic) bond motifs is 1. The van der Waals surface area contributed by atoms with Gasteiger partial charge < -0.3 is 9.88 Å². The number of aromatic nitrogens is 1. The highest BCUT2D eigenvalue weighted by Gasteiger charge is 2.36. The number of nitrogens with one attached hydrogen (secondary N) is 1. The van der Waals surface area contributed by atoms with Crippen molar-refractivity contribution in [1.82, 2.24) is 9.88 Å². The molecule has 0 radical (unpaired) electrons. The lowest BCUT2D eigenvalue weighted by molar-refractivity contribution is -0.138. The topological polar surface area (TPSA) is 34.0 Å². The molecule has 29 heavy (non-hydrogen) atoms. The molecule has 3 aromatic rings. The number of carbonyl (C=O) groups is 1. The van der Waals surface area contributed by atoms with E-state index in [0.29, 0.717) is 6.54 Å². The van der Waals surface area contributed by atoms with E-state index in [-0.39, 0.29) is 23.8 Å². The minimum absolute atomic E-state index is 0.0478. The monoisotopic (exact) mass is 402 g/mol. The summed E-state index contributed by atoms with van der Waals surface area (Å²) in [5.74, 6) is -0.697. The molecule has 0 saturated heterocycles. The van der Waals surface area contributed by atoms with Crippen LogP contribution in [0.4, 0.5) is 13.2 Å². The largest absolute Gasteiger partial charge is 0.416 e. The summed E-state index contributed by atoms with van der Waals surface area (Å²) in [7, 11) is 1.86. The minimum atomic E-state index is -4.49. The summed E-state index contributed by atoms with van der Waals surface area (Å²) in [6, 6.07) is 13.1. The van der Waals surface area contributed by atoms with Gasteiger partial charge in [0.2, 0.25) is 5.91 Å². The zero-order valence-electron chi connectivity index (χ0n) is 16.8. The van der Waals surface area contributed by atoms with Crippen LogP contribution in [0, 0.1) is 5.92 Å². The maximum atomic E-state index is 13.7. The molecule has 6 heteroatoms. The zero-order chi connectivity index (χ0) is 21.2. The second-order valence-corrected chi connectivity index (χ2v) is 7.75. The van der Waals surface area contributed by atoms with E-state index in [1.165, 1.54) is 12.1 Å². The Labute approximate surface area is 168 Å². The first-order chi connectivity index (χ1) is 13.7. The second-order valence-electron chi connectivity index (χ2n) is 7.75. The first kappa shape index (κ1) is 21.0. The number of benzene rings is 2. The van der Waals surface area contributed by atoms with Gasteiger partial charge in [-0.1, -0.05) is 50.2 Å². The van der Waals surface area contributed by atoms with Gasteiger partial charge in [-0.3, -0.25) is 4.79 Å². The van der Waals surface area contributed by atoms with Gasteiger partial charge in [0.15, 0.2) is 0 Å². The van der Waals surface area contributed by atoms with Crippen LogP contribution in [-0.2, 0) is 18.0 Å². The van der Waals surface area contributed by atoms with Crippen molar-refractivity contribution in [2.24, 2.45) is 13.0 Å². The van der Waals surface area contributed by atoms with Crippen molar-refractivity contribution < 1.29 is 18.0 Å². The second kappa shape index (κ2) is 8.31. The van der Waals surface area contributed by atoms with E-state index < -0.39 is 17.7 Å². The number of hydrogen-bond donors (Lipinski definition) is 1. The number of halogens is 3. The normalized spacial score (nSPS) is 13.1. The van der Waals surface area contributed by atoms with Crippen LogP contribution in [0.2, 0.25) is 0 Å². The lowest BCUT2D eigenvalue weighted by atomic mass is 9.85. The highest BCUT2D eigenvalue weighted by atomic mass is 19.4. The highest BCUT2D eigenvalue weighted by Crippen LogP contribution is 2.41. The first-order valence-electron chi connectivity index (χ1n) is 9.65. The quantitative estimate of drug-likeness (QED) is 0.581. The van der Waals surface area contributed by atoms with Crippen LogP contribution in [0.25, 0.3) is 10.9 Å². The summed E-state index contributed by atoms with van der Waals surface area (Å²) in [4.78, 5) is 12.6. The third-order valence-corrected chi connectivity index (χ3v) is 5.04. The molecule has 2 aromatic carbocycles. The van der Waals surface area contributed by atoms with Crippen LogP contribution in [0.5, 0.6) is 0 Å². The summed E-state index contributed by atoms with van der Waals surface area (Å²) in [6.07, 6.45) is -2.71. The third-order valence-electron chi connectivity index (χ3n) is 5.04. The first-order valence-corrected chi connectivity index (χ1v) is 9.65. The number of hydrogen-bond acceptors (Lipinski definition) is 1. The van der Waals surface area contributed by atoms with Crippen molar-refractivity contribution in [1.29, 1.82) is 0 Å². The lowest BCUT2D eigenvalue weighted by Crippen LogP contribution is -2.29. The maximum absolute atomic E-state index is 13.7. The van der Waals surface area contributed by atoms with Crippen molar-refractivity contribution in [3.05, 3.63) is 71.4 Å². The van der Waals surface area contributed by atoms with Crippen LogP contribution in [-0.4, -0.2) is 17.0 Å². The van der Waals surface area contributed by atoms with E-state index in [4.69, 9.17) is 0 Å². The smallest absolute Gasteiger partial charge is 0.356 e. The van der Waals surface area contributed by atoms with Crippen molar-refractivity contribution in [3.63, 3.8) is 0 Å². The number of para-hydroxylation sites is 1. The van der Waals surface area contributed by atoms with Gasteiger partial charge in [-0.15, -0.1) is 0 Å². The van der Waals surface area contributed by atoms with Gasteiger partial charge in [0.05, 0.1) is 5.56 Å². The molecule has 0 unspecified atom stereocenters. The molecule has 0 aliphatic heterocycles. The van der Waals surface area contributed by atoms with Crippen LogP contribution in [0.15, 0.2) is 54.7 Å². The van der Waals surface area contributed by atoms with Crippen molar-refractivity contribution in [2.45, 2.75) is 32.4 Å². The summed E-state index contributed by atoms with van der Waals surface area (Å²) in [5.41, 5.74) is 1.06. The van der Waals surface area contributed by atoms with Crippen molar-refractivity contribution >= 4 is 16.8 Å². The number of aryl methyl sites for hydroxylation is 1. The fourth-order valence-electron chi connectivity index (χ4n) is 3.67. The Morgan fingerprint density at radius 3 is 2.38 bits per heavy atom. The van der Waals surface area contributed by atoms with Crippen LogP contribution < -0.4 is 5.32 Å². The van der Waals surface area contributed by atoms with Gasteiger partial charge in [-0.25, -0.2) is 0 Å². The number of rotatable bonds is 6. The fourth-order valence-corrected chi connectivity index (χ4v) is 3.67. The number of carbonyl (C=O) groups excluding carboxylic acids is 1. The van der Waals surface area contributed by atoms with Gasteiger partial charge in [-0.2, -0.15) is 13.2 Å². The molecule has 0 spiro atoms. The Balaban J connectivity index is 2.12. The van der Waals surface area contributed by atoms with E-state index in [2.05, 4.69) is 5.32 Å². The van der Waals surface area contributed by atoms with Crippen LogP contribution >= 0.6 is 0 Å². The molecule has 0 fully saturated rings. The predicted molar refractivity (Wildman–Crippen MR) is 109 cm³/mol. The van der Waals surface area contributed by atoms with Crippen LogP contribution in [0.3, 0.4) is 0 Å². The standard InChI is InChI=1S/C23H25F3N2O/c1-15(2)13-27-22(29)12-18(16-8-4-6-10-20(16)23(24,25)26)19-14-28(3)21-11-7-5-9-17(19)21/h4-11,14-15,18H,12-13H2,1-3H3,(H,27,29)/t18-/m0/s1. The molecule has 3 nitrogen and oxygen atoms in total. The summed E-state index contributed by atoms with van der Waals surface area (Å²) < 4.78 is 43.1. The van der Waals surface area contributed by atoms with Gasteiger partial charge in [-0.05, 0) is 29.2 Å². The van der Waals surface area contributed by atoms with Crippen LogP contribution in [0.1, 0.15) is 42.9 Å². The van der Waals surface area contributed by atoms with Gasteiger partial charge in [0, 0.05) is 43.0 Å². The van der Waals surface area contributed by atoms with Gasteiger partial charge in [0.1, 0.15) is 0 Å². The van der Waals surface area contributed by atoms with Gasteiger partial charge in [0.25, 0.3) is 0 Å². The van der Waals surface area contributed by atoms with Crippen molar-refractivity contribution in [3.8, 4) is 0 Å². The fraction of sp³-hybridized carbons (Fsp3) is 0.348. The third kappa shape index (κ3) is 4.63. The Bertz CT molecular complexity index is 1000. The average molecular weight is 402 g/mol. The minimum Gasteiger partial charge on any atom is -0.356 e. The molecular formula is C23H25F3N2O. The van der Waals surface area contributed by atoms with Gasteiger partial charge >= 0.3 is 6.18 Å². The van der Waals surface area contributed by atoms with E-state index in [9.17, 15) is 18.0 Å². The Morgan fingerprint density at radius 1 is 1.03 bits per heavy atom. The average Bonchev–Trinajstić information content (AvgIpc) is 3.00. The molecule has 3 rings (SSSR count). The summed E-state index contributed by atoms with van der Waals surface area (Å²) >= 11 is 0. The molecule has 0 aliphatic carbocycles. The van der Waals surface area contributed by atoms with E-state index in [1.807, 2.05) is 55.9 Å². The van der Waals surface area contributed by atoms with E-state index >= 15 is 0 Å². The summed E-state index contributed by atoms with van der Waals surface area (Å²) in [5, 5.41) is 3.69. The molecule has 0 aliphatic rings. The highest BCUT2D eigenvalue weighted by molar-refractivity contribution is 5.86. The molecule has 1 aromatic heterocycles.